The molecule has 2 aromatic heterocycles. The molecule has 3 rings (SSSR count). The zero-order chi connectivity index (χ0) is 16.2. The summed E-state index contributed by atoms with van der Waals surface area (Å²) in [5, 5.41) is 0. The van der Waals surface area contributed by atoms with Gasteiger partial charge in [0.1, 0.15) is 5.56 Å². The summed E-state index contributed by atoms with van der Waals surface area (Å²) >= 11 is 0. The van der Waals surface area contributed by atoms with Gasteiger partial charge in [-0.2, -0.15) is 0 Å². The van der Waals surface area contributed by atoms with Gasteiger partial charge in [-0.15, -0.1) is 0 Å². The number of hydrogen-bond donors (Lipinski definition) is 1. The molecule has 0 aliphatic carbocycles. The van der Waals surface area contributed by atoms with Crippen molar-refractivity contribution in [2.75, 3.05) is 6.54 Å². The average Bonchev–Trinajstić information content (AvgIpc) is 2.81. The molecule has 0 radical (unpaired) electrons. The topological polar surface area (TPSA) is 66.1 Å². The van der Waals surface area contributed by atoms with Gasteiger partial charge in [0.15, 0.2) is 5.43 Å². The third kappa shape index (κ3) is 3.33. The van der Waals surface area contributed by atoms with Crippen LogP contribution >= 0.6 is 0 Å². The first-order valence-electron chi connectivity index (χ1n) is 8.07. The van der Waals surface area contributed by atoms with Crippen molar-refractivity contribution in [1.82, 2.24) is 14.9 Å². The second-order valence-corrected chi connectivity index (χ2v) is 6.04. The highest BCUT2D eigenvalue weighted by molar-refractivity contribution is 5.94. The van der Waals surface area contributed by atoms with Gasteiger partial charge in [-0.25, -0.2) is 0 Å². The van der Waals surface area contributed by atoms with Gasteiger partial charge in [-0.1, -0.05) is 12.8 Å². The third-order valence-corrected chi connectivity index (χ3v) is 4.39. The number of rotatable bonds is 2. The summed E-state index contributed by atoms with van der Waals surface area (Å²) in [4.78, 5) is 34.0. The fraction of sp³-hybridized carbons (Fsp3) is 0.389. The number of aromatic nitrogens is 2. The summed E-state index contributed by atoms with van der Waals surface area (Å²) in [5.41, 5.74) is 1.84. The van der Waals surface area contributed by atoms with E-state index < -0.39 is 0 Å². The van der Waals surface area contributed by atoms with Crippen molar-refractivity contribution in [3.05, 3.63) is 63.8 Å². The Morgan fingerprint density at radius 3 is 2.78 bits per heavy atom. The summed E-state index contributed by atoms with van der Waals surface area (Å²) in [5.74, 6) is -0.185. The predicted molar refractivity (Wildman–Crippen MR) is 88.3 cm³/mol. The SMILES string of the molecule is Cc1cc(=O)c(C(=O)N2CCCCCC2c2ccncc2)c[nH]1. The molecule has 0 spiro atoms. The van der Waals surface area contributed by atoms with Gasteiger partial charge in [0.25, 0.3) is 5.91 Å². The fourth-order valence-corrected chi connectivity index (χ4v) is 3.18. The smallest absolute Gasteiger partial charge is 0.259 e. The summed E-state index contributed by atoms with van der Waals surface area (Å²) in [7, 11) is 0. The monoisotopic (exact) mass is 311 g/mol. The first kappa shape index (κ1) is 15.5. The van der Waals surface area contributed by atoms with Gasteiger partial charge >= 0.3 is 0 Å². The number of aryl methyl sites for hydroxylation is 1. The minimum atomic E-state index is -0.219. The molecule has 1 saturated heterocycles. The minimum Gasteiger partial charge on any atom is -0.364 e. The Morgan fingerprint density at radius 2 is 2.04 bits per heavy atom. The molecule has 2 aromatic rings. The Bertz CT molecular complexity index is 739. The molecule has 23 heavy (non-hydrogen) atoms. The van der Waals surface area contributed by atoms with E-state index in [-0.39, 0.29) is 22.9 Å². The number of amides is 1. The average molecular weight is 311 g/mol. The molecule has 0 bridgehead atoms. The normalized spacial score (nSPS) is 18.5. The van der Waals surface area contributed by atoms with E-state index in [4.69, 9.17) is 0 Å². The Morgan fingerprint density at radius 1 is 1.26 bits per heavy atom. The number of likely N-dealkylation sites (tertiary alicyclic amines) is 1. The van der Waals surface area contributed by atoms with Crippen molar-refractivity contribution >= 4 is 5.91 Å². The summed E-state index contributed by atoms with van der Waals surface area (Å²) < 4.78 is 0. The lowest BCUT2D eigenvalue weighted by molar-refractivity contribution is 0.0679. The van der Waals surface area contributed by atoms with E-state index in [0.717, 1.165) is 36.9 Å². The van der Waals surface area contributed by atoms with Crippen LogP contribution in [0.4, 0.5) is 0 Å². The van der Waals surface area contributed by atoms with Crippen LogP contribution in [-0.2, 0) is 0 Å². The molecule has 1 fully saturated rings. The van der Waals surface area contributed by atoms with Crippen molar-refractivity contribution in [3.63, 3.8) is 0 Å². The van der Waals surface area contributed by atoms with Crippen molar-refractivity contribution in [2.45, 2.75) is 38.6 Å². The lowest BCUT2D eigenvalue weighted by atomic mass is 10.0. The van der Waals surface area contributed by atoms with Crippen molar-refractivity contribution < 1.29 is 4.79 Å². The molecule has 1 aliphatic heterocycles. The van der Waals surface area contributed by atoms with E-state index in [1.807, 2.05) is 17.0 Å². The van der Waals surface area contributed by atoms with Gasteiger partial charge in [0, 0.05) is 36.9 Å². The number of H-pyrrole nitrogens is 1. The zero-order valence-corrected chi connectivity index (χ0v) is 13.3. The second-order valence-electron chi connectivity index (χ2n) is 6.04. The lowest BCUT2D eigenvalue weighted by Gasteiger charge is -2.30. The van der Waals surface area contributed by atoms with Crippen LogP contribution in [0.5, 0.6) is 0 Å². The molecule has 0 saturated carbocycles. The Balaban J connectivity index is 1.96. The van der Waals surface area contributed by atoms with Crippen LogP contribution in [0.3, 0.4) is 0 Å². The lowest BCUT2D eigenvalue weighted by Crippen LogP contribution is -2.37. The highest BCUT2D eigenvalue weighted by Crippen LogP contribution is 2.30. The Labute approximate surface area is 135 Å². The predicted octanol–water partition coefficient (Wildman–Crippen LogP) is 2.84. The molecule has 1 atom stereocenters. The zero-order valence-electron chi connectivity index (χ0n) is 13.3. The van der Waals surface area contributed by atoms with Gasteiger partial charge < -0.3 is 9.88 Å². The van der Waals surface area contributed by atoms with Crippen LogP contribution in [0.25, 0.3) is 0 Å². The van der Waals surface area contributed by atoms with Gasteiger partial charge in [0.05, 0.1) is 6.04 Å². The highest BCUT2D eigenvalue weighted by atomic mass is 16.2. The van der Waals surface area contributed by atoms with Crippen molar-refractivity contribution in [3.8, 4) is 0 Å². The maximum Gasteiger partial charge on any atom is 0.259 e. The van der Waals surface area contributed by atoms with Crippen LogP contribution in [0.2, 0.25) is 0 Å². The summed E-state index contributed by atoms with van der Waals surface area (Å²) in [6, 6.07) is 5.39. The third-order valence-electron chi connectivity index (χ3n) is 4.39. The molecule has 1 N–H and O–H groups in total. The number of pyridine rings is 2. The van der Waals surface area contributed by atoms with E-state index in [1.54, 1.807) is 19.3 Å². The van der Waals surface area contributed by atoms with Crippen LogP contribution in [0.15, 0.2) is 41.6 Å². The van der Waals surface area contributed by atoms with E-state index in [9.17, 15) is 9.59 Å². The van der Waals surface area contributed by atoms with Gasteiger partial charge in [-0.3, -0.25) is 14.6 Å². The number of carbonyl (C=O) groups excluding carboxylic acids is 1. The molecule has 5 nitrogen and oxygen atoms in total. The number of nitrogens with one attached hydrogen (secondary N) is 1. The molecule has 120 valence electrons. The van der Waals surface area contributed by atoms with Crippen molar-refractivity contribution in [2.24, 2.45) is 0 Å². The quantitative estimate of drug-likeness (QED) is 0.927. The Kier molecular flexibility index (Phi) is 4.55. The largest absolute Gasteiger partial charge is 0.364 e. The molecular formula is C18H21N3O2. The number of hydrogen-bond acceptors (Lipinski definition) is 3. The number of aromatic amines is 1. The van der Waals surface area contributed by atoms with E-state index >= 15 is 0 Å². The van der Waals surface area contributed by atoms with E-state index in [0.29, 0.717) is 6.54 Å². The van der Waals surface area contributed by atoms with E-state index in [1.165, 1.54) is 12.3 Å². The minimum absolute atomic E-state index is 0.00806. The molecule has 0 aromatic carbocycles. The molecule has 5 heteroatoms. The van der Waals surface area contributed by atoms with E-state index in [2.05, 4.69) is 9.97 Å². The van der Waals surface area contributed by atoms with Crippen LogP contribution in [0.1, 0.15) is 53.3 Å². The highest BCUT2D eigenvalue weighted by Gasteiger charge is 2.28. The van der Waals surface area contributed by atoms with Crippen LogP contribution in [0, 0.1) is 6.92 Å². The van der Waals surface area contributed by atoms with Crippen LogP contribution in [-0.4, -0.2) is 27.3 Å². The van der Waals surface area contributed by atoms with Crippen LogP contribution < -0.4 is 5.43 Å². The summed E-state index contributed by atoms with van der Waals surface area (Å²) in [6.45, 7) is 2.49. The molecule has 3 heterocycles. The Hall–Kier alpha value is -2.43. The molecule has 1 unspecified atom stereocenters. The van der Waals surface area contributed by atoms with Crippen molar-refractivity contribution in [1.29, 1.82) is 0 Å². The maximum atomic E-state index is 13.0. The standard InChI is InChI=1S/C18H21N3O2/c1-13-11-17(22)15(12-20-13)18(23)21-10-4-2-3-5-16(21)14-6-8-19-9-7-14/h6-9,11-12,16H,2-5,10H2,1H3,(H,20,22). The molecular weight excluding hydrogens is 290 g/mol. The molecule has 1 amide bonds. The summed E-state index contributed by atoms with van der Waals surface area (Å²) in [6.07, 6.45) is 9.12. The maximum absolute atomic E-state index is 13.0. The first-order chi connectivity index (χ1) is 11.2. The number of nitrogens with zero attached hydrogens (tertiary/aromatic N) is 2. The second kappa shape index (κ2) is 6.77. The fourth-order valence-electron chi connectivity index (χ4n) is 3.18. The van der Waals surface area contributed by atoms with Gasteiger partial charge in [-0.05, 0) is 37.5 Å². The number of carbonyl (C=O) groups is 1. The first-order valence-corrected chi connectivity index (χ1v) is 8.07. The molecule has 1 aliphatic rings. The van der Waals surface area contributed by atoms with Gasteiger partial charge in [0.2, 0.25) is 0 Å².